The van der Waals surface area contributed by atoms with E-state index < -0.39 is 6.04 Å². The van der Waals surface area contributed by atoms with Crippen LogP contribution in [0.5, 0.6) is 0 Å². The Hall–Kier alpha value is -1.40. The molecule has 0 bridgehead atoms. The van der Waals surface area contributed by atoms with Crippen molar-refractivity contribution in [1.82, 2.24) is 5.32 Å². The lowest BCUT2D eigenvalue weighted by Crippen LogP contribution is -2.53. The van der Waals surface area contributed by atoms with Crippen LogP contribution < -0.4 is 5.32 Å². The standard InChI is InChI=1S/C33H55NO4S/c1-8-11-13-15-28(35)24-21-32(4,5)19-17-26(24)34-27(31(37)38-10-3)23-39-30-18-20-33(6,7)22-25(30)29(36)16-14-12-9-2/h8-9,24-27,30,34H,1-2,10-23H2,3-7H3. The summed E-state index contributed by atoms with van der Waals surface area (Å²) in [6.07, 6.45) is 13.9. The predicted molar refractivity (Wildman–Crippen MR) is 164 cm³/mol. The van der Waals surface area contributed by atoms with E-state index in [0.717, 1.165) is 64.2 Å². The second kappa shape index (κ2) is 16.1. The number of Topliss-reactive ketones (excluding diaryl/α,β-unsaturated/α-hetero) is 2. The maximum Gasteiger partial charge on any atom is 0.323 e. The van der Waals surface area contributed by atoms with Gasteiger partial charge in [0.2, 0.25) is 0 Å². The molecule has 2 rings (SSSR count). The van der Waals surface area contributed by atoms with Crippen LogP contribution in [-0.2, 0) is 19.1 Å². The Morgan fingerprint density at radius 3 is 2.03 bits per heavy atom. The van der Waals surface area contributed by atoms with Crippen LogP contribution in [0, 0.1) is 22.7 Å². The molecule has 0 saturated heterocycles. The van der Waals surface area contributed by atoms with Crippen LogP contribution in [0.2, 0.25) is 0 Å². The van der Waals surface area contributed by atoms with E-state index in [-0.39, 0.29) is 45.7 Å². The van der Waals surface area contributed by atoms with E-state index in [1.54, 1.807) is 11.8 Å². The number of unbranched alkanes of at least 4 members (excludes halogenated alkanes) is 2. The molecule has 2 fully saturated rings. The van der Waals surface area contributed by atoms with Crippen LogP contribution in [0.4, 0.5) is 0 Å². The highest BCUT2D eigenvalue weighted by Crippen LogP contribution is 2.45. The molecule has 2 saturated carbocycles. The van der Waals surface area contributed by atoms with Gasteiger partial charge in [-0.05, 0) is 82.0 Å². The van der Waals surface area contributed by atoms with Crippen LogP contribution in [0.3, 0.4) is 0 Å². The summed E-state index contributed by atoms with van der Waals surface area (Å²) in [5.41, 5.74) is 0.266. The van der Waals surface area contributed by atoms with Crippen molar-refractivity contribution in [3.63, 3.8) is 0 Å². The number of rotatable bonds is 17. The zero-order valence-electron chi connectivity index (χ0n) is 25.4. The molecule has 5 atom stereocenters. The second-order valence-electron chi connectivity index (χ2n) is 13.3. The van der Waals surface area contributed by atoms with E-state index in [1.165, 1.54) is 0 Å². The van der Waals surface area contributed by atoms with Crippen LogP contribution in [0.1, 0.15) is 112 Å². The first-order valence-electron chi connectivity index (χ1n) is 15.2. The Balaban J connectivity index is 2.15. The van der Waals surface area contributed by atoms with Crippen molar-refractivity contribution in [3.05, 3.63) is 25.3 Å². The van der Waals surface area contributed by atoms with Gasteiger partial charge in [0.15, 0.2) is 0 Å². The van der Waals surface area contributed by atoms with Gasteiger partial charge in [0.05, 0.1) is 6.61 Å². The van der Waals surface area contributed by atoms with Crippen molar-refractivity contribution >= 4 is 29.3 Å². The summed E-state index contributed by atoms with van der Waals surface area (Å²) in [5.74, 6) is 0.853. The molecular formula is C33H55NO4S. The minimum absolute atomic E-state index is 0.0149. The Morgan fingerprint density at radius 1 is 0.923 bits per heavy atom. The van der Waals surface area contributed by atoms with E-state index in [0.29, 0.717) is 31.0 Å². The molecule has 39 heavy (non-hydrogen) atoms. The van der Waals surface area contributed by atoms with Gasteiger partial charge >= 0.3 is 5.97 Å². The smallest absolute Gasteiger partial charge is 0.323 e. The number of carbonyl (C=O) groups is 3. The number of allylic oxidation sites excluding steroid dienone is 2. The van der Waals surface area contributed by atoms with Crippen molar-refractivity contribution in [3.8, 4) is 0 Å². The molecule has 0 aromatic heterocycles. The number of hydrogen-bond donors (Lipinski definition) is 1. The quantitative estimate of drug-likeness (QED) is 0.113. The van der Waals surface area contributed by atoms with E-state index >= 15 is 0 Å². The van der Waals surface area contributed by atoms with Gasteiger partial charge in [-0.3, -0.25) is 14.4 Å². The summed E-state index contributed by atoms with van der Waals surface area (Å²) in [6, 6.07) is -0.526. The van der Waals surface area contributed by atoms with Gasteiger partial charge in [0.25, 0.3) is 0 Å². The van der Waals surface area contributed by atoms with Crippen LogP contribution in [-0.4, -0.2) is 47.2 Å². The zero-order valence-corrected chi connectivity index (χ0v) is 26.2. The Bertz CT molecular complexity index is 836. The number of ether oxygens (including phenoxy) is 1. The highest BCUT2D eigenvalue weighted by molar-refractivity contribution is 8.00. The first-order chi connectivity index (χ1) is 18.4. The minimum Gasteiger partial charge on any atom is -0.465 e. The summed E-state index contributed by atoms with van der Waals surface area (Å²) < 4.78 is 5.49. The van der Waals surface area contributed by atoms with E-state index in [2.05, 4.69) is 46.2 Å². The van der Waals surface area contributed by atoms with Crippen molar-refractivity contribution in [2.24, 2.45) is 22.7 Å². The SMILES string of the molecule is C=CCCCC(=O)C1CC(C)(C)CCC1NC(CSC1CCC(C)(C)CC1C(=O)CCCC=C)C(=O)OCC. The van der Waals surface area contributed by atoms with Gasteiger partial charge in [-0.1, -0.05) is 39.8 Å². The fourth-order valence-electron chi connectivity index (χ4n) is 6.33. The third kappa shape index (κ3) is 11.2. The number of carbonyl (C=O) groups excluding carboxylic acids is 3. The molecule has 6 heteroatoms. The first-order valence-corrected chi connectivity index (χ1v) is 16.3. The van der Waals surface area contributed by atoms with Crippen LogP contribution >= 0.6 is 11.8 Å². The first kappa shape index (κ1) is 33.8. The molecule has 0 aromatic carbocycles. The summed E-state index contributed by atoms with van der Waals surface area (Å²) in [5, 5.41) is 3.81. The monoisotopic (exact) mass is 561 g/mol. The molecular weight excluding hydrogens is 506 g/mol. The Morgan fingerprint density at radius 2 is 1.46 bits per heavy atom. The Labute approximate surface area is 242 Å². The average Bonchev–Trinajstić information content (AvgIpc) is 2.87. The fourth-order valence-corrected chi connectivity index (χ4v) is 7.76. The lowest BCUT2D eigenvalue weighted by molar-refractivity contribution is -0.146. The highest BCUT2D eigenvalue weighted by Gasteiger charge is 2.42. The molecule has 222 valence electrons. The maximum absolute atomic E-state index is 13.3. The van der Waals surface area contributed by atoms with Crippen molar-refractivity contribution < 1.29 is 19.1 Å². The summed E-state index contributed by atoms with van der Waals surface area (Å²) >= 11 is 1.75. The number of hydrogen-bond acceptors (Lipinski definition) is 6. The van der Waals surface area contributed by atoms with Crippen molar-refractivity contribution in [1.29, 1.82) is 0 Å². The van der Waals surface area contributed by atoms with E-state index in [4.69, 9.17) is 4.74 Å². The number of esters is 1. The Kier molecular flexibility index (Phi) is 14.0. The second-order valence-corrected chi connectivity index (χ2v) is 14.5. The largest absolute Gasteiger partial charge is 0.465 e. The van der Waals surface area contributed by atoms with Gasteiger partial charge in [0.1, 0.15) is 17.6 Å². The molecule has 0 aromatic rings. The third-order valence-corrected chi connectivity index (χ3v) is 10.2. The number of nitrogens with one attached hydrogen (secondary N) is 1. The number of ketones is 2. The molecule has 0 radical (unpaired) electrons. The molecule has 0 spiro atoms. The summed E-state index contributed by atoms with van der Waals surface area (Å²) in [4.78, 5) is 39.7. The van der Waals surface area contributed by atoms with Gasteiger partial charge in [-0.15, -0.1) is 13.2 Å². The van der Waals surface area contributed by atoms with Crippen molar-refractivity contribution in [2.45, 2.75) is 129 Å². The van der Waals surface area contributed by atoms with E-state index in [9.17, 15) is 14.4 Å². The van der Waals surface area contributed by atoms with Gasteiger partial charge in [0, 0.05) is 41.7 Å². The molecule has 0 aliphatic heterocycles. The molecule has 2 aliphatic carbocycles. The molecule has 5 nitrogen and oxygen atoms in total. The van der Waals surface area contributed by atoms with Crippen molar-refractivity contribution in [2.75, 3.05) is 12.4 Å². The molecule has 1 N–H and O–H groups in total. The molecule has 2 aliphatic rings. The summed E-state index contributed by atoms with van der Waals surface area (Å²) in [6.45, 7) is 18.7. The van der Waals surface area contributed by atoms with Gasteiger partial charge < -0.3 is 10.1 Å². The fraction of sp³-hybridized carbons (Fsp3) is 0.788. The summed E-state index contributed by atoms with van der Waals surface area (Å²) in [7, 11) is 0. The molecule has 0 amide bonds. The van der Waals surface area contributed by atoms with Crippen LogP contribution in [0.25, 0.3) is 0 Å². The predicted octanol–water partition coefficient (Wildman–Crippen LogP) is 7.48. The lowest BCUT2D eigenvalue weighted by atomic mass is 9.68. The third-order valence-electron chi connectivity index (χ3n) is 8.67. The van der Waals surface area contributed by atoms with Gasteiger partial charge in [-0.25, -0.2) is 0 Å². The van der Waals surface area contributed by atoms with Crippen LogP contribution in [0.15, 0.2) is 25.3 Å². The zero-order chi connectivity index (χ0) is 29.1. The van der Waals surface area contributed by atoms with E-state index in [1.807, 2.05) is 19.1 Å². The topological polar surface area (TPSA) is 72.5 Å². The maximum atomic E-state index is 13.3. The average molecular weight is 562 g/mol. The lowest BCUT2D eigenvalue weighted by Gasteiger charge is -2.42. The van der Waals surface area contributed by atoms with Gasteiger partial charge in [-0.2, -0.15) is 11.8 Å². The molecule has 5 unspecified atom stereocenters. The number of thioether (sulfide) groups is 1. The highest BCUT2D eigenvalue weighted by atomic mass is 32.2. The molecule has 0 heterocycles. The normalized spacial score (nSPS) is 26.8. The minimum atomic E-state index is -0.490.